The number of para-hydroxylation sites is 2. The largest absolute Gasteiger partial charge is 0.490 e. The van der Waals surface area contributed by atoms with Crippen LogP contribution in [0.1, 0.15) is 37.0 Å². The average molecular weight is 355 g/mol. The molecule has 3 rings (SSSR count). The van der Waals surface area contributed by atoms with Crippen molar-refractivity contribution in [1.82, 2.24) is 4.90 Å². The number of amides is 1. The monoisotopic (exact) mass is 355 g/mol. The first-order valence-corrected chi connectivity index (χ1v) is 8.73. The van der Waals surface area contributed by atoms with Gasteiger partial charge in [0.25, 0.3) is 5.91 Å². The normalized spacial score (nSPS) is 17.7. The van der Waals surface area contributed by atoms with Gasteiger partial charge in [0.1, 0.15) is 5.75 Å². The van der Waals surface area contributed by atoms with E-state index in [1.165, 1.54) is 0 Å². The SMILES string of the molecule is C.CN1CCCC(Oc2ccc(C(=O)Nc3ccccc3N)cc2)CC1. The standard InChI is InChI=1S/C20H25N3O2.CH4/c1-23-13-4-5-16(12-14-23)25-17-10-8-15(9-11-17)20(24)22-19-7-3-2-6-18(19)21;/h2-3,6-11,16H,4-5,12-14,21H2,1H3,(H,22,24);1H4. The van der Waals surface area contributed by atoms with Crippen molar-refractivity contribution in [2.45, 2.75) is 32.8 Å². The van der Waals surface area contributed by atoms with E-state index in [0.29, 0.717) is 16.9 Å². The van der Waals surface area contributed by atoms with E-state index in [1.807, 2.05) is 24.3 Å². The lowest BCUT2D eigenvalue weighted by molar-refractivity contribution is 0.102. The van der Waals surface area contributed by atoms with Gasteiger partial charge < -0.3 is 20.7 Å². The molecular weight excluding hydrogens is 326 g/mol. The third kappa shape index (κ3) is 5.23. The molecule has 3 N–H and O–H groups in total. The minimum Gasteiger partial charge on any atom is -0.490 e. The number of carbonyl (C=O) groups excluding carboxylic acids is 1. The number of nitrogen functional groups attached to an aromatic ring is 1. The summed E-state index contributed by atoms with van der Waals surface area (Å²) >= 11 is 0. The highest BCUT2D eigenvalue weighted by Crippen LogP contribution is 2.21. The first kappa shape index (κ1) is 19.8. The molecule has 0 spiro atoms. The number of nitrogens with one attached hydrogen (secondary N) is 1. The Hall–Kier alpha value is -2.53. The Labute approximate surface area is 156 Å². The summed E-state index contributed by atoms with van der Waals surface area (Å²) in [6, 6.07) is 14.5. The van der Waals surface area contributed by atoms with Gasteiger partial charge >= 0.3 is 0 Å². The minimum absolute atomic E-state index is 0. The average Bonchev–Trinajstić information content (AvgIpc) is 2.82. The maximum atomic E-state index is 12.3. The molecule has 0 saturated carbocycles. The number of anilines is 2. The number of benzene rings is 2. The molecule has 5 heteroatoms. The van der Waals surface area contributed by atoms with Crippen molar-refractivity contribution in [3.8, 4) is 5.75 Å². The Bertz CT molecular complexity index is 715. The van der Waals surface area contributed by atoms with Crippen LogP contribution in [0.5, 0.6) is 5.75 Å². The molecule has 0 bridgehead atoms. The van der Waals surface area contributed by atoms with Gasteiger partial charge in [-0.2, -0.15) is 0 Å². The Balaban J connectivity index is 0.00000243. The second kappa shape index (κ2) is 9.25. The molecule has 2 aromatic carbocycles. The maximum absolute atomic E-state index is 12.3. The van der Waals surface area contributed by atoms with Crippen LogP contribution in [0, 0.1) is 0 Å². The highest BCUT2D eigenvalue weighted by Gasteiger charge is 2.16. The van der Waals surface area contributed by atoms with Gasteiger partial charge in [-0.15, -0.1) is 0 Å². The van der Waals surface area contributed by atoms with Crippen molar-refractivity contribution in [3.05, 3.63) is 54.1 Å². The zero-order valence-corrected chi connectivity index (χ0v) is 14.6. The predicted octanol–water partition coefficient (Wildman–Crippen LogP) is 4.02. The summed E-state index contributed by atoms with van der Waals surface area (Å²) < 4.78 is 6.08. The van der Waals surface area contributed by atoms with E-state index in [-0.39, 0.29) is 19.4 Å². The molecular formula is C21H29N3O2. The van der Waals surface area contributed by atoms with Crippen LogP contribution in [0.3, 0.4) is 0 Å². The van der Waals surface area contributed by atoms with E-state index < -0.39 is 0 Å². The zero-order valence-electron chi connectivity index (χ0n) is 14.6. The third-order valence-electron chi connectivity index (χ3n) is 4.53. The second-order valence-electron chi connectivity index (χ2n) is 6.54. The quantitative estimate of drug-likeness (QED) is 0.813. The number of carbonyl (C=O) groups is 1. The summed E-state index contributed by atoms with van der Waals surface area (Å²) in [5.41, 5.74) is 7.61. The van der Waals surface area contributed by atoms with Crippen molar-refractivity contribution in [2.24, 2.45) is 0 Å². The molecule has 5 nitrogen and oxygen atoms in total. The first-order valence-electron chi connectivity index (χ1n) is 8.73. The van der Waals surface area contributed by atoms with Gasteiger partial charge in [0.05, 0.1) is 17.5 Å². The lowest BCUT2D eigenvalue weighted by Crippen LogP contribution is -2.21. The molecule has 0 aromatic heterocycles. The number of ether oxygens (including phenoxy) is 1. The van der Waals surface area contributed by atoms with E-state index in [1.54, 1.807) is 24.3 Å². The summed E-state index contributed by atoms with van der Waals surface area (Å²) in [6.45, 7) is 2.19. The smallest absolute Gasteiger partial charge is 0.255 e. The molecule has 1 heterocycles. The Morgan fingerprint density at radius 1 is 1.12 bits per heavy atom. The van der Waals surface area contributed by atoms with E-state index in [4.69, 9.17) is 10.5 Å². The highest BCUT2D eigenvalue weighted by atomic mass is 16.5. The maximum Gasteiger partial charge on any atom is 0.255 e. The molecule has 1 atom stereocenters. The minimum atomic E-state index is -0.180. The Morgan fingerprint density at radius 3 is 2.58 bits per heavy atom. The molecule has 2 aromatic rings. The predicted molar refractivity (Wildman–Crippen MR) is 108 cm³/mol. The number of likely N-dealkylation sites (tertiary alicyclic amines) is 1. The molecule has 1 saturated heterocycles. The van der Waals surface area contributed by atoms with Crippen molar-refractivity contribution in [3.63, 3.8) is 0 Å². The van der Waals surface area contributed by atoms with E-state index in [0.717, 1.165) is 38.1 Å². The lowest BCUT2D eigenvalue weighted by Gasteiger charge is -2.17. The van der Waals surface area contributed by atoms with Gasteiger partial charge in [-0.25, -0.2) is 0 Å². The number of nitrogens with zero attached hydrogens (tertiary/aromatic N) is 1. The van der Waals surface area contributed by atoms with Crippen molar-refractivity contribution in [1.29, 1.82) is 0 Å². The number of hydrogen-bond donors (Lipinski definition) is 2. The van der Waals surface area contributed by atoms with Crippen molar-refractivity contribution < 1.29 is 9.53 Å². The molecule has 1 unspecified atom stereocenters. The second-order valence-corrected chi connectivity index (χ2v) is 6.54. The van der Waals surface area contributed by atoms with Crippen LogP contribution in [0.2, 0.25) is 0 Å². The first-order chi connectivity index (χ1) is 12.1. The van der Waals surface area contributed by atoms with Gasteiger partial charge in [0.2, 0.25) is 0 Å². The molecule has 1 aliphatic rings. The molecule has 26 heavy (non-hydrogen) atoms. The summed E-state index contributed by atoms with van der Waals surface area (Å²) in [5, 5.41) is 2.83. The highest BCUT2D eigenvalue weighted by molar-refractivity contribution is 6.05. The topological polar surface area (TPSA) is 67.6 Å². The van der Waals surface area contributed by atoms with Crippen LogP contribution in [-0.4, -0.2) is 37.0 Å². The van der Waals surface area contributed by atoms with Gasteiger partial charge in [0, 0.05) is 12.1 Å². The molecule has 0 aliphatic carbocycles. The summed E-state index contributed by atoms with van der Waals surface area (Å²) in [5.74, 6) is 0.630. The van der Waals surface area contributed by atoms with Gasteiger partial charge in [-0.3, -0.25) is 4.79 Å². The molecule has 1 amide bonds. The summed E-state index contributed by atoms with van der Waals surface area (Å²) in [4.78, 5) is 14.7. The van der Waals surface area contributed by atoms with Crippen LogP contribution in [0.15, 0.2) is 48.5 Å². The molecule has 1 fully saturated rings. The van der Waals surface area contributed by atoms with Gasteiger partial charge in [-0.1, -0.05) is 19.6 Å². The zero-order chi connectivity index (χ0) is 17.6. The Morgan fingerprint density at radius 2 is 1.85 bits per heavy atom. The van der Waals surface area contributed by atoms with Crippen LogP contribution in [0.4, 0.5) is 11.4 Å². The molecule has 1 aliphatic heterocycles. The number of rotatable bonds is 4. The third-order valence-corrected chi connectivity index (χ3v) is 4.53. The van der Waals surface area contributed by atoms with E-state index in [2.05, 4.69) is 17.3 Å². The van der Waals surface area contributed by atoms with Crippen LogP contribution in [-0.2, 0) is 0 Å². The van der Waals surface area contributed by atoms with Crippen LogP contribution < -0.4 is 15.8 Å². The Kier molecular flexibility index (Phi) is 7.04. The fourth-order valence-electron chi connectivity index (χ4n) is 3.01. The van der Waals surface area contributed by atoms with Crippen molar-refractivity contribution in [2.75, 3.05) is 31.2 Å². The lowest BCUT2D eigenvalue weighted by atomic mass is 10.1. The van der Waals surface area contributed by atoms with Crippen molar-refractivity contribution >= 4 is 17.3 Å². The van der Waals surface area contributed by atoms with E-state index >= 15 is 0 Å². The number of nitrogens with two attached hydrogens (primary N) is 1. The molecule has 0 radical (unpaired) electrons. The van der Waals surface area contributed by atoms with Gasteiger partial charge in [0.15, 0.2) is 0 Å². The molecule has 140 valence electrons. The fourth-order valence-corrected chi connectivity index (χ4v) is 3.01. The fraction of sp³-hybridized carbons (Fsp3) is 0.381. The summed E-state index contributed by atoms with van der Waals surface area (Å²) in [6.07, 6.45) is 3.50. The summed E-state index contributed by atoms with van der Waals surface area (Å²) in [7, 11) is 2.15. The van der Waals surface area contributed by atoms with Gasteiger partial charge in [-0.05, 0) is 69.3 Å². The van der Waals surface area contributed by atoms with Crippen LogP contribution in [0.25, 0.3) is 0 Å². The van der Waals surface area contributed by atoms with Crippen LogP contribution >= 0.6 is 0 Å². The van der Waals surface area contributed by atoms with E-state index in [9.17, 15) is 4.79 Å². The number of hydrogen-bond acceptors (Lipinski definition) is 4.